The minimum absolute atomic E-state index is 0.0117. The summed E-state index contributed by atoms with van der Waals surface area (Å²) >= 11 is 0. The normalized spacial score (nSPS) is 22.5. The Bertz CT molecular complexity index is 1350. The van der Waals surface area contributed by atoms with Crippen LogP contribution in [0.1, 0.15) is 68.3 Å². The first-order valence-electron chi connectivity index (χ1n) is 12.6. The summed E-state index contributed by atoms with van der Waals surface area (Å²) in [6.45, 7) is 8.12. The minimum atomic E-state index is -0.472. The number of unbranched alkanes of at least 4 members (excludes halogenated alkanes) is 1. The van der Waals surface area contributed by atoms with Crippen LogP contribution < -0.4 is 5.32 Å². The van der Waals surface area contributed by atoms with Crippen molar-refractivity contribution in [3.8, 4) is 11.1 Å². The maximum atomic E-state index is 13.9. The van der Waals surface area contributed by atoms with E-state index in [2.05, 4.69) is 39.3 Å². The second-order valence-electron chi connectivity index (χ2n) is 10.4. The standard InChI is InChI=1S/C27H32N6O3/c1-5-6-9-28-26(36)21-11-27(4)12-22(27)33(21)23(35)10-19-18(17-13-29-16(3)30-14-17)7-8-20-24(19)25(15(2)34)32-31-20/h7-8,13-14,21-22H,5-6,9-12H2,1-4H3,(H,28,36)(H,31,32)/t21-,22+,27-/m0/s1. The van der Waals surface area contributed by atoms with Crippen LogP contribution in [0.25, 0.3) is 22.0 Å². The maximum Gasteiger partial charge on any atom is 0.242 e. The molecule has 3 aromatic rings. The smallest absolute Gasteiger partial charge is 0.242 e. The molecule has 0 bridgehead atoms. The lowest BCUT2D eigenvalue weighted by atomic mass is 9.93. The Morgan fingerprint density at radius 3 is 2.64 bits per heavy atom. The fourth-order valence-corrected chi connectivity index (χ4v) is 5.53. The number of carbonyl (C=O) groups excluding carboxylic acids is 3. The molecule has 1 aliphatic carbocycles. The zero-order valence-corrected chi connectivity index (χ0v) is 21.2. The van der Waals surface area contributed by atoms with Crippen LogP contribution in [0.15, 0.2) is 24.5 Å². The molecule has 1 aliphatic heterocycles. The van der Waals surface area contributed by atoms with Gasteiger partial charge in [0.2, 0.25) is 11.8 Å². The molecule has 9 heteroatoms. The largest absolute Gasteiger partial charge is 0.354 e. The van der Waals surface area contributed by atoms with Gasteiger partial charge in [-0.2, -0.15) is 5.10 Å². The number of nitrogens with one attached hydrogen (secondary N) is 2. The van der Waals surface area contributed by atoms with E-state index in [0.29, 0.717) is 41.0 Å². The van der Waals surface area contributed by atoms with E-state index in [-0.39, 0.29) is 35.5 Å². The summed E-state index contributed by atoms with van der Waals surface area (Å²) in [5, 5.41) is 10.8. The van der Waals surface area contributed by atoms with E-state index in [9.17, 15) is 14.4 Å². The number of H-pyrrole nitrogens is 1. The van der Waals surface area contributed by atoms with E-state index < -0.39 is 6.04 Å². The summed E-state index contributed by atoms with van der Waals surface area (Å²) in [5.74, 6) is 0.265. The Labute approximate surface area is 210 Å². The molecule has 36 heavy (non-hydrogen) atoms. The molecule has 1 aromatic carbocycles. The molecule has 3 heterocycles. The lowest BCUT2D eigenvalue weighted by Gasteiger charge is -2.27. The molecule has 3 atom stereocenters. The van der Waals surface area contributed by atoms with E-state index in [4.69, 9.17) is 0 Å². The average molecular weight is 489 g/mol. The van der Waals surface area contributed by atoms with Gasteiger partial charge >= 0.3 is 0 Å². The van der Waals surface area contributed by atoms with Crippen LogP contribution >= 0.6 is 0 Å². The summed E-state index contributed by atoms with van der Waals surface area (Å²) in [4.78, 5) is 49.8. The Morgan fingerprint density at radius 2 is 1.94 bits per heavy atom. The van der Waals surface area contributed by atoms with E-state index in [1.165, 1.54) is 6.92 Å². The summed E-state index contributed by atoms with van der Waals surface area (Å²) < 4.78 is 0. The van der Waals surface area contributed by atoms with Crippen molar-refractivity contribution in [3.63, 3.8) is 0 Å². The Hall–Kier alpha value is -3.62. The molecule has 1 saturated heterocycles. The second-order valence-corrected chi connectivity index (χ2v) is 10.4. The maximum absolute atomic E-state index is 13.9. The Balaban J connectivity index is 1.53. The fraction of sp³-hybridized carbons (Fsp3) is 0.481. The number of hydrogen-bond acceptors (Lipinski definition) is 6. The molecule has 0 spiro atoms. The van der Waals surface area contributed by atoms with Crippen molar-refractivity contribution in [2.45, 2.75) is 71.9 Å². The van der Waals surface area contributed by atoms with Gasteiger partial charge in [0, 0.05) is 42.9 Å². The predicted molar refractivity (Wildman–Crippen MR) is 135 cm³/mol. The van der Waals surface area contributed by atoms with Gasteiger partial charge in [-0.1, -0.05) is 26.3 Å². The van der Waals surface area contributed by atoms with Gasteiger partial charge in [-0.05, 0) is 48.8 Å². The number of likely N-dealkylation sites (tertiary alicyclic amines) is 1. The molecule has 5 rings (SSSR count). The number of aromatic amines is 1. The number of ketones is 1. The van der Waals surface area contributed by atoms with Crippen molar-refractivity contribution in [3.05, 3.63) is 41.6 Å². The number of piperidine rings is 1. The van der Waals surface area contributed by atoms with Gasteiger partial charge in [-0.15, -0.1) is 0 Å². The van der Waals surface area contributed by atoms with Gasteiger partial charge in [0.15, 0.2) is 5.78 Å². The van der Waals surface area contributed by atoms with Gasteiger partial charge in [0.25, 0.3) is 0 Å². The van der Waals surface area contributed by atoms with Gasteiger partial charge < -0.3 is 10.2 Å². The molecule has 2 fully saturated rings. The number of fused-ring (bicyclic) bond motifs is 2. The molecule has 9 nitrogen and oxygen atoms in total. The Kier molecular flexibility index (Phi) is 6.10. The molecule has 2 N–H and O–H groups in total. The zero-order chi connectivity index (χ0) is 25.6. The lowest BCUT2D eigenvalue weighted by Crippen LogP contribution is -2.48. The topological polar surface area (TPSA) is 121 Å². The van der Waals surface area contributed by atoms with Gasteiger partial charge in [-0.3, -0.25) is 19.5 Å². The number of hydrogen-bond donors (Lipinski definition) is 2. The number of rotatable bonds is 8. The minimum Gasteiger partial charge on any atom is -0.354 e. The van der Waals surface area contributed by atoms with Crippen LogP contribution in [-0.2, 0) is 16.0 Å². The molecule has 2 aromatic heterocycles. The average Bonchev–Trinajstić information content (AvgIpc) is 3.17. The number of nitrogens with zero attached hydrogens (tertiary/aromatic N) is 4. The first-order chi connectivity index (χ1) is 17.2. The summed E-state index contributed by atoms with van der Waals surface area (Å²) in [5.41, 5.74) is 3.21. The molecule has 0 unspecified atom stereocenters. The number of amides is 2. The van der Waals surface area contributed by atoms with E-state index in [1.54, 1.807) is 17.3 Å². The monoisotopic (exact) mass is 488 g/mol. The third-order valence-corrected chi connectivity index (χ3v) is 7.65. The van der Waals surface area contributed by atoms with E-state index in [0.717, 1.165) is 30.4 Å². The second kappa shape index (κ2) is 9.11. The van der Waals surface area contributed by atoms with Crippen LogP contribution in [0.4, 0.5) is 0 Å². The van der Waals surface area contributed by atoms with Crippen molar-refractivity contribution < 1.29 is 14.4 Å². The van der Waals surface area contributed by atoms with Crippen LogP contribution in [0.3, 0.4) is 0 Å². The fourth-order valence-electron chi connectivity index (χ4n) is 5.53. The predicted octanol–water partition coefficient (Wildman–Crippen LogP) is 3.37. The van der Waals surface area contributed by atoms with Crippen LogP contribution in [0.2, 0.25) is 0 Å². The summed E-state index contributed by atoms with van der Waals surface area (Å²) in [6.07, 6.45) is 6.98. The number of aryl methyl sites for hydroxylation is 1. The van der Waals surface area contributed by atoms with Crippen molar-refractivity contribution in [1.29, 1.82) is 0 Å². The number of carbonyl (C=O) groups is 3. The highest BCUT2D eigenvalue weighted by atomic mass is 16.2. The SMILES string of the molecule is CCCCNC(=O)[C@@H]1C[C@@]2(C)C[C@H]2N1C(=O)Cc1c(-c2cnc(C)nc2)ccc2[nH]nc(C(C)=O)c12. The molecular weight excluding hydrogens is 456 g/mol. The lowest BCUT2D eigenvalue weighted by molar-refractivity contribution is -0.139. The zero-order valence-electron chi connectivity index (χ0n) is 21.2. The van der Waals surface area contributed by atoms with Gasteiger partial charge in [0.05, 0.1) is 11.9 Å². The highest BCUT2D eigenvalue weighted by Crippen LogP contribution is 2.59. The molecular formula is C27H32N6O3. The van der Waals surface area contributed by atoms with Gasteiger partial charge in [-0.25, -0.2) is 9.97 Å². The molecule has 2 amide bonds. The van der Waals surface area contributed by atoms with Gasteiger partial charge in [0.1, 0.15) is 17.6 Å². The van der Waals surface area contributed by atoms with E-state index in [1.807, 2.05) is 19.1 Å². The number of aromatic nitrogens is 4. The molecule has 1 saturated carbocycles. The molecule has 0 radical (unpaired) electrons. The van der Waals surface area contributed by atoms with Crippen molar-refractivity contribution in [1.82, 2.24) is 30.4 Å². The van der Waals surface area contributed by atoms with Crippen molar-refractivity contribution in [2.24, 2.45) is 5.41 Å². The van der Waals surface area contributed by atoms with Crippen LogP contribution in [0.5, 0.6) is 0 Å². The van der Waals surface area contributed by atoms with Crippen molar-refractivity contribution in [2.75, 3.05) is 6.54 Å². The number of benzene rings is 1. The highest BCUT2D eigenvalue weighted by molar-refractivity contribution is 6.08. The quantitative estimate of drug-likeness (QED) is 0.370. The Morgan fingerprint density at radius 1 is 1.19 bits per heavy atom. The van der Waals surface area contributed by atoms with Crippen LogP contribution in [0, 0.1) is 12.3 Å². The van der Waals surface area contributed by atoms with Crippen LogP contribution in [-0.4, -0.2) is 61.3 Å². The first kappa shape index (κ1) is 24.1. The van der Waals surface area contributed by atoms with E-state index >= 15 is 0 Å². The molecule has 188 valence electrons. The first-order valence-corrected chi connectivity index (χ1v) is 12.6. The summed E-state index contributed by atoms with van der Waals surface area (Å²) in [7, 11) is 0. The summed E-state index contributed by atoms with van der Waals surface area (Å²) in [6, 6.07) is 3.35. The molecule has 2 aliphatic rings. The third-order valence-electron chi connectivity index (χ3n) is 7.65. The number of Topliss-reactive ketones (excluding diaryl/α,β-unsaturated/α-hetero) is 1. The third kappa shape index (κ3) is 4.16. The van der Waals surface area contributed by atoms with Crippen molar-refractivity contribution >= 4 is 28.5 Å². The highest BCUT2D eigenvalue weighted by Gasteiger charge is 2.64.